The van der Waals surface area contributed by atoms with E-state index in [4.69, 9.17) is 10.5 Å². The summed E-state index contributed by atoms with van der Waals surface area (Å²) in [6.07, 6.45) is 2.91. The van der Waals surface area contributed by atoms with Crippen molar-refractivity contribution in [2.75, 3.05) is 5.32 Å². The fourth-order valence-corrected chi connectivity index (χ4v) is 3.35. The molecule has 0 saturated heterocycles. The van der Waals surface area contributed by atoms with E-state index in [0.29, 0.717) is 17.0 Å². The van der Waals surface area contributed by atoms with E-state index in [1.54, 1.807) is 6.07 Å². The van der Waals surface area contributed by atoms with Gasteiger partial charge in [-0.3, -0.25) is 14.6 Å². The topological polar surface area (TPSA) is 94.3 Å². The van der Waals surface area contributed by atoms with Crippen LogP contribution in [0, 0.1) is 6.92 Å². The highest BCUT2D eigenvalue weighted by Gasteiger charge is 2.09. The van der Waals surface area contributed by atoms with Crippen molar-refractivity contribution in [3.05, 3.63) is 114 Å². The molecule has 0 unspecified atom stereocenters. The molecule has 1 aromatic heterocycles. The van der Waals surface area contributed by atoms with Crippen molar-refractivity contribution >= 4 is 17.5 Å². The van der Waals surface area contributed by atoms with Gasteiger partial charge in [0.2, 0.25) is 5.91 Å². The SMILES string of the molecule is Cc1ccc(NC(=O)c2ccc(-c3ccccc3)cc2)cc1COc1cncc(C(N)=O)c1. The Labute approximate surface area is 192 Å². The quantitative estimate of drug-likeness (QED) is 0.426. The zero-order valence-corrected chi connectivity index (χ0v) is 18.1. The number of ether oxygens (including phenoxy) is 1. The molecule has 0 aliphatic heterocycles. The number of carbonyl (C=O) groups excluding carboxylic acids is 2. The van der Waals surface area contributed by atoms with Gasteiger partial charge in [-0.15, -0.1) is 0 Å². The standard InChI is InChI=1S/C27H23N3O3/c1-18-7-12-24(13-23(18)17-33-25-14-22(26(28)31)15-29-16-25)30-27(32)21-10-8-20(9-11-21)19-5-3-2-4-6-19/h2-16H,17H2,1H3,(H2,28,31)(H,30,32). The number of amides is 2. The van der Waals surface area contributed by atoms with Gasteiger partial charge in [0.05, 0.1) is 11.8 Å². The maximum Gasteiger partial charge on any atom is 0.255 e. The molecule has 164 valence electrons. The van der Waals surface area contributed by atoms with E-state index in [0.717, 1.165) is 22.3 Å². The molecule has 2 amide bonds. The van der Waals surface area contributed by atoms with Crippen molar-refractivity contribution in [1.82, 2.24) is 4.98 Å². The summed E-state index contributed by atoms with van der Waals surface area (Å²) in [4.78, 5) is 28.0. The molecule has 0 aliphatic carbocycles. The maximum atomic E-state index is 12.7. The fourth-order valence-electron chi connectivity index (χ4n) is 3.35. The van der Waals surface area contributed by atoms with Crippen molar-refractivity contribution in [3.8, 4) is 16.9 Å². The molecule has 3 N–H and O–H groups in total. The maximum absolute atomic E-state index is 12.7. The molecule has 0 radical (unpaired) electrons. The molecular formula is C27H23N3O3. The van der Waals surface area contributed by atoms with Crippen LogP contribution in [0.5, 0.6) is 5.75 Å². The third-order valence-electron chi connectivity index (χ3n) is 5.25. The number of benzene rings is 3. The molecule has 33 heavy (non-hydrogen) atoms. The normalized spacial score (nSPS) is 10.5. The van der Waals surface area contributed by atoms with Gasteiger partial charge in [0.25, 0.3) is 5.91 Å². The van der Waals surface area contributed by atoms with E-state index in [2.05, 4.69) is 10.3 Å². The van der Waals surface area contributed by atoms with Crippen LogP contribution in [0.4, 0.5) is 5.69 Å². The van der Waals surface area contributed by atoms with Crippen molar-refractivity contribution in [1.29, 1.82) is 0 Å². The Morgan fingerprint density at radius 2 is 1.61 bits per heavy atom. The summed E-state index contributed by atoms with van der Waals surface area (Å²) in [5.74, 6) is -0.312. The van der Waals surface area contributed by atoms with Gasteiger partial charge in [0.1, 0.15) is 12.4 Å². The first kappa shape index (κ1) is 21.8. The van der Waals surface area contributed by atoms with E-state index >= 15 is 0 Å². The van der Waals surface area contributed by atoms with Gasteiger partial charge in [-0.1, -0.05) is 48.5 Å². The summed E-state index contributed by atoms with van der Waals surface area (Å²) >= 11 is 0. The summed E-state index contributed by atoms with van der Waals surface area (Å²) in [5.41, 5.74) is 10.9. The number of aromatic nitrogens is 1. The number of carbonyl (C=O) groups is 2. The highest BCUT2D eigenvalue weighted by Crippen LogP contribution is 2.22. The minimum atomic E-state index is -0.564. The first-order chi connectivity index (χ1) is 16.0. The molecule has 4 rings (SSSR count). The molecule has 0 aliphatic rings. The van der Waals surface area contributed by atoms with Crippen LogP contribution in [-0.4, -0.2) is 16.8 Å². The molecule has 6 nitrogen and oxygen atoms in total. The number of primary amides is 1. The Kier molecular flexibility index (Phi) is 6.45. The van der Waals surface area contributed by atoms with Gasteiger partial charge in [0, 0.05) is 17.4 Å². The molecule has 0 spiro atoms. The van der Waals surface area contributed by atoms with Crippen LogP contribution in [0.1, 0.15) is 31.8 Å². The number of nitrogens with zero attached hydrogens (tertiary/aromatic N) is 1. The number of rotatable bonds is 7. The number of hydrogen-bond acceptors (Lipinski definition) is 4. The third-order valence-corrected chi connectivity index (χ3v) is 5.25. The number of hydrogen-bond donors (Lipinski definition) is 2. The van der Waals surface area contributed by atoms with Crippen molar-refractivity contribution in [3.63, 3.8) is 0 Å². The monoisotopic (exact) mass is 437 g/mol. The first-order valence-corrected chi connectivity index (χ1v) is 10.4. The van der Waals surface area contributed by atoms with Crippen molar-refractivity contribution in [2.24, 2.45) is 5.73 Å². The molecule has 6 heteroatoms. The second kappa shape index (κ2) is 9.78. The fraction of sp³-hybridized carbons (Fsp3) is 0.0741. The minimum absolute atomic E-state index is 0.191. The predicted octanol–water partition coefficient (Wildman–Crippen LogP) is 4.99. The zero-order valence-electron chi connectivity index (χ0n) is 18.1. The van der Waals surface area contributed by atoms with E-state index in [1.807, 2.05) is 79.7 Å². The lowest BCUT2D eigenvalue weighted by atomic mass is 10.0. The second-order valence-corrected chi connectivity index (χ2v) is 7.60. The number of anilines is 1. The largest absolute Gasteiger partial charge is 0.487 e. The first-order valence-electron chi connectivity index (χ1n) is 10.4. The second-order valence-electron chi connectivity index (χ2n) is 7.60. The Hall–Kier alpha value is -4.45. The van der Waals surface area contributed by atoms with Crippen LogP contribution in [0.15, 0.2) is 91.3 Å². The molecular weight excluding hydrogens is 414 g/mol. The molecule has 1 heterocycles. The van der Waals surface area contributed by atoms with Gasteiger partial charge in [0.15, 0.2) is 0 Å². The summed E-state index contributed by atoms with van der Waals surface area (Å²) < 4.78 is 5.78. The van der Waals surface area contributed by atoms with E-state index in [9.17, 15) is 9.59 Å². The minimum Gasteiger partial charge on any atom is -0.487 e. The average molecular weight is 437 g/mol. The zero-order chi connectivity index (χ0) is 23.2. The van der Waals surface area contributed by atoms with E-state index in [-0.39, 0.29) is 18.1 Å². The summed E-state index contributed by atoms with van der Waals surface area (Å²) in [6, 6.07) is 24.7. The van der Waals surface area contributed by atoms with Gasteiger partial charge < -0.3 is 15.8 Å². The Morgan fingerprint density at radius 1 is 0.879 bits per heavy atom. The highest BCUT2D eigenvalue weighted by atomic mass is 16.5. The van der Waals surface area contributed by atoms with Crippen molar-refractivity contribution in [2.45, 2.75) is 13.5 Å². The lowest BCUT2D eigenvalue weighted by Crippen LogP contribution is -2.12. The Morgan fingerprint density at radius 3 is 2.33 bits per heavy atom. The Bertz CT molecular complexity index is 1290. The van der Waals surface area contributed by atoms with Gasteiger partial charge in [-0.25, -0.2) is 0 Å². The number of pyridine rings is 1. The van der Waals surface area contributed by atoms with Crippen LogP contribution in [0.25, 0.3) is 11.1 Å². The lowest BCUT2D eigenvalue weighted by Gasteiger charge is -2.12. The summed E-state index contributed by atoms with van der Waals surface area (Å²) in [7, 11) is 0. The molecule has 0 bridgehead atoms. The van der Waals surface area contributed by atoms with Crippen LogP contribution < -0.4 is 15.8 Å². The van der Waals surface area contributed by atoms with Crippen LogP contribution in [0.3, 0.4) is 0 Å². The predicted molar refractivity (Wildman–Crippen MR) is 128 cm³/mol. The van der Waals surface area contributed by atoms with Crippen LogP contribution in [0.2, 0.25) is 0 Å². The van der Waals surface area contributed by atoms with E-state index in [1.165, 1.54) is 12.4 Å². The Balaban J connectivity index is 1.43. The summed E-state index contributed by atoms with van der Waals surface area (Å²) in [6.45, 7) is 2.22. The van der Waals surface area contributed by atoms with Crippen LogP contribution in [-0.2, 0) is 6.61 Å². The number of nitrogens with one attached hydrogen (secondary N) is 1. The lowest BCUT2D eigenvalue weighted by molar-refractivity contribution is 0.0997. The average Bonchev–Trinajstić information content (AvgIpc) is 2.85. The highest BCUT2D eigenvalue weighted by molar-refractivity contribution is 6.04. The van der Waals surface area contributed by atoms with Crippen LogP contribution >= 0.6 is 0 Å². The molecule has 3 aromatic carbocycles. The van der Waals surface area contributed by atoms with Crippen molar-refractivity contribution < 1.29 is 14.3 Å². The third kappa shape index (κ3) is 5.43. The van der Waals surface area contributed by atoms with Gasteiger partial charge >= 0.3 is 0 Å². The molecule has 0 atom stereocenters. The van der Waals surface area contributed by atoms with Gasteiger partial charge in [-0.2, -0.15) is 0 Å². The summed E-state index contributed by atoms with van der Waals surface area (Å²) in [5, 5.41) is 2.94. The molecule has 0 fully saturated rings. The van der Waals surface area contributed by atoms with E-state index < -0.39 is 5.91 Å². The molecule has 4 aromatic rings. The molecule has 0 saturated carbocycles. The smallest absolute Gasteiger partial charge is 0.255 e. The number of aryl methyl sites for hydroxylation is 1. The number of nitrogens with two attached hydrogens (primary N) is 1. The van der Waals surface area contributed by atoms with Gasteiger partial charge in [-0.05, 0) is 59.5 Å².